The van der Waals surface area contributed by atoms with Crippen LogP contribution in [0.1, 0.15) is 50.5 Å². The van der Waals surface area contributed by atoms with Crippen LogP contribution in [0.25, 0.3) is 0 Å². The van der Waals surface area contributed by atoms with Crippen LogP contribution in [-0.2, 0) is 10.3 Å². The molecule has 1 aliphatic heterocycles. The van der Waals surface area contributed by atoms with Gasteiger partial charge in [0.15, 0.2) is 0 Å². The average molecular weight is 351 g/mol. The topological polar surface area (TPSA) is 41.1 Å². The Morgan fingerprint density at radius 1 is 1.24 bits per heavy atom. The molecular formula is C17H23BrN2O. The van der Waals surface area contributed by atoms with Crippen LogP contribution in [0.5, 0.6) is 0 Å². The van der Waals surface area contributed by atoms with Gasteiger partial charge in [0, 0.05) is 29.0 Å². The largest absolute Gasteiger partial charge is 0.352 e. The third-order valence-electron chi connectivity index (χ3n) is 4.87. The second-order valence-corrected chi connectivity index (χ2v) is 7.16. The lowest BCUT2D eigenvalue weighted by Gasteiger charge is -2.40. The molecule has 1 aromatic carbocycles. The summed E-state index contributed by atoms with van der Waals surface area (Å²) < 4.78 is 1.19. The van der Waals surface area contributed by atoms with E-state index in [1.165, 1.54) is 42.1 Å². The standard InChI is InChI=1S/C17H23BrN2O/c18-15-7-3-2-6-14(15)17(10-4-1-5-11-17)19-12-13-8-9-16(21)20-13/h2-3,6-7,13,19H,1,4-5,8-12H2,(H,20,21)/t13-/m0/s1. The number of hydrogen-bond acceptors (Lipinski definition) is 2. The monoisotopic (exact) mass is 350 g/mol. The lowest BCUT2D eigenvalue weighted by molar-refractivity contribution is -0.119. The highest BCUT2D eigenvalue weighted by Gasteiger charge is 2.35. The molecule has 1 heterocycles. The van der Waals surface area contributed by atoms with Crippen LogP contribution in [0.4, 0.5) is 0 Å². The van der Waals surface area contributed by atoms with E-state index in [0.717, 1.165) is 13.0 Å². The van der Waals surface area contributed by atoms with E-state index in [2.05, 4.69) is 50.8 Å². The molecule has 0 spiro atoms. The van der Waals surface area contributed by atoms with Gasteiger partial charge < -0.3 is 10.6 Å². The Balaban J connectivity index is 1.77. The van der Waals surface area contributed by atoms with Gasteiger partial charge >= 0.3 is 0 Å². The van der Waals surface area contributed by atoms with Crippen molar-refractivity contribution in [3.63, 3.8) is 0 Å². The van der Waals surface area contributed by atoms with Crippen molar-refractivity contribution >= 4 is 21.8 Å². The molecular weight excluding hydrogens is 328 g/mol. The van der Waals surface area contributed by atoms with Gasteiger partial charge in [-0.25, -0.2) is 0 Å². The Morgan fingerprint density at radius 2 is 2.00 bits per heavy atom. The first kappa shape index (κ1) is 15.0. The summed E-state index contributed by atoms with van der Waals surface area (Å²) in [4.78, 5) is 11.4. The van der Waals surface area contributed by atoms with Crippen molar-refractivity contribution in [2.24, 2.45) is 0 Å². The van der Waals surface area contributed by atoms with Crippen LogP contribution < -0.4 is 10.6 Å². The molecule has 1 aromatic rings. The zero-order valence-corrected chi connectivity index (χ0v) is 13.9. The minimum Gasteiger partial charge on any atom is -0.352 e. The van der Waals surface area contributed by atoms with E-state index in [0.29, 0.717) is 12.5 Å². The van der Waals surface area contributed by atoms with E-state index in [1.54, 1.807) is 0 Å². The first-order valence-electron chi connectivity index (χ1n) is 7.99. The summed E-state index contributed by atoms with van der Waals surface area (Å²) in [5, 5.41) is 6.87. The fourth-order valence-electron chi connectivity index (χ4n) is 3.69. The van der Waals surface area contributed by atoms with Crippen LogP contribution >= 0.6 is 15.9 Å². The van der Waals surface area contributed by atoms with Crippen molar-refractivity contribution in [2.75, 3.05) is 6.54 Å². The van der Waals surface area contributed by atoms with Crippen molar-refractivity contribution in [1.82, 2.24) is 10.6 Å². The molecule has 1 aliphatic carbocycles. The predicted octanol–water partition coefficient (Wildman–Crippen LogP) is 3.48. The lowest BCUT2D eigenvalue weighted by Crippen LogP contribution is -2.49. The highest BCUT2D eigenvalue weighted by Crippen LogP contribution is 2.40. The van der Waals surface area contributed by atoms with E-state index in [9.17, 15) is 4.79 Å². The quantitative estimate of drug-likeness (QED) is 0.872. The number of amides is 1. The molecule has 114 valence electrons. The molecule has 3 nitrogen and oxygen atoms in total. The molecule has 1 amide bonds. The third kappa shape index (κ3) is 3.32. The molecule has 0 aromatic heterocycles. The maximum atomic E-state index is 11.4. The zero-order chi connectivity index (χ0) is 14.7. The highest BCUT2D eigenvalue weighted by atomic mass is 79.9. The average Bonchev–Trinajstić information content (AvgIpc) is 2.92. The van der Waals surface area contributed by atoms with Gasteiger partial charge in [0.25, 0.3) is 0 Å². The number of rotatable bonds is 4. The molecule has 0 unspecified atom stereocenters. The minimum atomic E-state index is 0.0612. The fourth-order valence-corrected chi connectivity index (χ4v) is 4.36. The van der Waals surface area contributed by atoms with E-state index in [-0.39, 0.29) is 11.4 Å². The first-order valence-corrected chi connectivity index (χ1v) is 8.78. The molecule has 3 rings (SSSR count). The fraction of sp³-hybridized carbons (Fsp3) is 0.588. The number of benzene rings is 1. The Kier molecular flexibility index (Phi) is 4.65. The second kappa shape index (κ2) is 6.49. The molecule has 0 bridgehead atoms. The van der Waals surface area contributed by atoms with Crippen molar-refractivity contribution in [2.45, 2.75) is 56.5 Å². The van der Waals surface area contributed by atoms with Gasteiger partial charge in [0.05, 0.1) is 0 Å². The SMILES string of the molecule is O=C1CC[C@@H](CNC2(c3ccccc3Br)CCCCC2)N1. The van der Waals surface area contributed by atoms with Gasteiger partial charge in [-0.2, -0.15) is 0 Å². The van der Waals surface area contributed by atoms with Crippen molar-refractivity contribution in [3.05, 3.63) is 34.3 Å². The van der Waals surface area contributed by atoms with Crippen LogP contribution in [0.15, 0.2) is 28.7 Å². The normalized spacial score (nSPS) is 24.8. The van der Waals surface area contributed by atoms with Gasteiger partial charge in [-0.3, -0.25) is 4.79 Å². The van der Waals surface area contributed by atoms with Crippen molar-refractivity contribution < 1.29 is 4.79 Å². The summed E-state index contributed by atoms with van der Waals surface area (Å²) in [5.41, 5.74) is 1.43. The van der Waals surface area contributed by atoms with Crippen molar-refractivity contribution in [1.29, 1.82) is 0 Å². The Hall–Kier alpha value is -0.870. The number of halogens is 1. The first-order chi connectivity index (χ1) is 10.2. The molecule has 1 saturated heterocycles. The summed E-state index contributed by atoms with van der Waals surface area (Å²) in [5.74, 6) is 0.195. The molecule has 1 saturated carbocycles. The maximum absolute atomic E-state index is 11.4. The van der Waals surface area contributed by atoms with Gasteiger partial charge in [-0.05, 0) is 30.9 Å². The van der Waals surface area contributed by atoms with Gasteiger partial charge in [0.1, 0.15) is 0 Å². The number of hydrogen-bond donors (Lipinski definition) is 2. The van der Waals surface area contributed by atoms with Crippen LogP contribution in [-0.4, -0.2) is 18.5 Å². The molecule has 2 aliphatic rings. The van der Waals surface area contributed by atoms with Gasteiger partial charge in [0.2, 0.25) is 5.91 Å². The van der Waals surface area contributed by atoms with Gasteiger partial charge in [-0.1, -0.05) is 53.4 Å². The highest BCUT2D eigenvalue weighted by molar-refractivity contribution is 9.10. The van der Waals surface area contributed by atoms with E-state index >= 15 is 0 Å². The molecule has 21 heavy (non-hydrogen) atoms. The zero-order valence-electron chi connectivity index (χ0n) is 12.3. The van der Waals surface area contributed by atoms with E-state index in [1.807, 2.05) is 0 Å². The molecule has 1 atom stereocenters. The maximum Gasteiger partial charge on any atom is 0.220 e. The van der Waals surface area contributed by atoms with Gasteiger partial charge in [-0.15, -0.1) is 0 Å². The van der Waals surface area contributed by atoms with Crippen molar-refractivity contribution in [3.8, 4) is 0 Å². The lowest BCUT2D eigenvalue weighted by atomic mass is 9.76. The Labute approximate surface area is 135 Å². The summed E-state index contributed by atoms with van der Waals surface area (Å²) in [7, 11) is 0. The number of carbonyl (C=O) groups is 1. The Morgan fingerprint density at radius 3 is 2.67 bits per heavy atom. The van der Waals surface area contributed by atoms with E-state index < -0.39 is 0 Å². The summed E-state index contributed by atoms with van der Waals surface area (Å²) >= 11 is 3.72. The molecule has 2 fully saturated rings. The summed E-state index contributed by atoms with van der Waals surface area (Å²) in [6, 6.07) is 8.84. The number of nitrogens with one attached hydrogen (secondary N) is 2. The molecule has 4 heteroatoms. The van der Waals surface area contributed by atoms with Crippen LogP contribution in [0, 0.1) is 0 Å². The third-order valence-corrected chi connectivity index (χ3v) is 5.56. The summed E-state index contributed by atoms with van der Waals surface area (Å²) in [6.07, 6.45) is 7.85. The molecule has 0 radical (unpaired) electrons. The van der Waals surface area contributed by atoms with Crippen LogP contribution in [0.3, 0.4) is 0 Å². The smallest absolute Gasteiger partial charge is 0.220 e. The minimum absolute atomic E-state index is 0.0612. The van der Waals surface area contributed by atoms with Crippen LogP contribution in [0.2, 0.25) is 0 Å². The predicted molar refractivity (Wildman–Crippen MR) is 88.1 cm³/mol. The summed E-state index contributed by atoms with van der Waals surface area (Å²) in [6.45, 7) is 0.868. The number of carbonyl (C=O) groups excluding carboxylic acids is 1. The van der Waals surface area contributed by atoms with E-state index in [4.69, 9.17) is 0 Å². The molecule has 2 N–H and O–H groups in total. The second-order valence-electron chi connectivity index (χ2n) is 6.31. The Bertz CT molecular complexity index is 511.